The van der Waals surface area contributed by atoms with Crippen LogP contribution in [0, 0.1) is 5.92 Å². The van der Waals surface area contributed by atoms with Gasteiger partial charge >= 0.3 is 0 Å². The van der Waals surface area contributed by atoms with Crippen LogP contribution in [0.25, 0.3) is 0 Å². The predicted molar refractivity (Wildman–Crippen MR) is 71.5 cm³/mol. The Morgan fingerprint density at radius 3 is 2.56 bits per heavy atom. The second-order valence-electron chi connectivity index (χ2n) is 4.68. The van der Waals surface area contributed by atoms with Crippen LogP contribution in [0.5, 0.6) is 11.5 Å². The summed E-state index contributed by atoms with van der Waals surface area (Å²) >= 11 is 0. The summed E-state index contributed by atoms with van der Waals surface area (Å²) in [7, 11) is 0. The van der Waals surface area contributed by atoms with E-state index in [1.807, 2.05) is 24.3 Å². The highest BCUT2D eigenvalue weighted by Gasteiger charge is 2.32. The van der Waals surface area contributed by atoms with Gasteiger partial charge in [-0.3, -0.25) is 11.3 Å². The molecule has 1 aliphatic heterocycles. The average Bonchev–Trinajstić information content (AvgIpc) is 2.44. The van der Waals surface area contributed by atoms with E-state index >= 15 is 0 Å². The summed E-state index contributed by atoms with van der Waals surface area (Å²) in [4.78, 5) is 0. The van der Waals surface area contributed by atoms with Crippen LogP contribution in [0.15, 0.2) is 24.3 Å². The molecule has 0 fully saturated rings. The van der Waals surface area contributed by atoms with Gasteiger partial charge in [-0.1, -0.05) is 38.8 Å². The summed E-state index contributed by atoms with van der Waals surface area (Å²) in [6, 6.07) is 7.87. The van der Waals surface area contributed by atoms with Gasteiger partial charge in [-0.2, -0.15) is 0 Å². The third kappa shape index (κ3) is 2.60. The van der Waals surface area contributed by atoms with E-state index < -0.39 is 0 Å². The number of rotatable bonds is 5. The van der Waals surface area contributed by atoms with Crippen molar-refractivity contribution in [2.45, 2.75) is 38.8 Å². The fourth-order valence-electron chi connectivity index (χ4n) is 2.56. The minimum Gasteiger partial charge on any atom is -0.486 e. The standard InChI is InChI=1S/C14H22N2O2/c1-3-10(4-2)14(16-15)13-9-17-11-7-5-6-8-12(11)18-13/h5-8,10,13-14,16H,3-4,9,15H2,1-2H3. The molecule has 4 nitrogen and oxygen atoms in total. The maximum atomic E-state index is 6.00. The molecule has 0 radical (unpaired) electrons. The summed E-state index contributed by atoms with van der Waals surface area (Å²) in [5, 5.41) is 0. The number of hydrogen-bond acceptors (Lipinski definition) is 4. The Morgan fingerprint density at radius 1 is 1.28 bits per heavy atom. The first-order chi connectivity index (χ1) is 8.80. The van der Waals surface area contributed by atoms with Gasteiger partial charge in [-0.05, 0) is 18.1 Å². The van der Waals surface area contributed by atoms with Gasteiger partial charge in [0.25, 0.3) is 0 Å². The van der Waals surface area contributed by atoms with E-state index in [1.54, 1.807) is 0 Å². The number of hydrogen-bond donors (Lipinski definition) is 2. The van der Waals surface area contributed by atoms with Gasteiger partial charge in [0.2, 0.25) is 0 Å². The summed E-state index contributed by atoms with van der Waals surface area (Å²) < 4.78 is 11.7. The second-order valence-corrected chi connectivity index (χ2v) is 4.68. The molecule has 0 amide bonds. The third-order valence-electron chi connectivity index (χ3n) is 3.68. The van der Waals surface area contributed by atoms with E-state index in [2.05, 4.69) is 19.3 Å². The number of ether oxygens (including phenoxy) is 2. The molecule has 4 heteroatoms. The molecule has 3 N–H and O–H groups in total. The lowest BCUT2D eigenvalue weighted by Crippen LogP contribution is -2.54. The van der Waals surface area contributed by atoms with Crippen molar-refractivity contribution in [1.29, 1.82) is 0 Å². The molecule has 0 saturated heterocycles. The van der Waals surface area contributed by atoms with Gasteiger partial charge in [0.05, 0.1) is 6.04 Å². The number of benzene rings is 1. The Balaban J connectivity index is 2.11. The van der Waals surface area contributed by atoms with Crippen molar-refractivity contribution in [2.75, 3.05) is 6.61 Å². The van der Waals surface area contributed by atoms with Crippen LogP contribution in [-0.2, 0) is 0 Å². The highest BCUT2D eigenvalue weighted by atomic mass is 16.6. The number of nitrogens with two attached hydrogens (primary N) is 1. The highest BCUT2D eigenvalue weighted by molar-refractivity contribution is 5.40. The van der Waals surface area contributed by atoms with Crippen LogP contribution < -0.4 is 20.7 Å². The Hall–Kier alpha value is -1.26. The van der Waals surface area contributed by atoms with Gasteiger partial charge in [0, 0.05) is 0 Å². The van der Waals surface area contributed by atoms with Crippen LogP contribution in [0.2, 0.25) is 0 Å². The lowest BCUT2D eigenvalue weighted by molar-refractivity contribution is 0.0420. The van der Waals surface area contributed by atoms with Crippen molar-refractivity contribution in [3.05, 3.63) is 24.3 Å². The lowest BCUT2D eigenvalue weighted by Gasteiger charge is -2.35. The maximum Gasteiger partial charge on any atom is 0.161 e. The molecule has 0 aromatic heterocycles. The molecule has 1 aromatic carbocycles. The molecule has 1 aromatic rings. The van der Waals surface area contributed by atoms with Crippen LogP contribution in [0.3, 0.4) is 0 Å². The molecule has 1 aliphatic rings. The molecule has 2 unspecified atom stereocenters. The van der Waals surface area contributed by atoms with Crippen LogP contribution in [0.1, 0.15) is 26.7 Å². The van der Waals surface area contributed by atoms with E-state index in [4.69, 9.17) is 15.3 Å². The fourth-order valence-corrected chi connectivity index (χ4v) is 2.56. The van der Waals surface area contributed by atoms with Crippen molar-refractivity contribution in [1.82, 2.24) is 5.43 Å². The molecule has 0 aliphatic carbocycles. The smallest absolute Gasteiger partial charge is 0.161 e. The molecule has 18 heavy (non-hydrogen) atoms. The Bertz CT molecular complexity index is 380. The van der Waals surface area contributed by atoms with E-state index in [1.165, 1.54) is 0 Å². The molecular formula is C14H22N2O2. The summed E-state index contributed by atoms with van der Waals surface area (Å²) in [5.41, 5.74) is 2.90. The summed E-state index contributed by atoms with van der Waals surface area (Å²) in [5.74, 6) is 7.80. The zero-order chi connectivity index (χ0) is 13.0. The highest BCUT2D eigenvalue weighted by Crippen LogP contribution is 2.33. The third-order valence-corrected chi connectivity index (χ3v) is 3.68. The Kier molecular flexibility index (Phi) is 4.44. The Labute approximate surface area is 108 Å². The quantitative estimate of drug-likeness (QED) is 0.620. The normalized spacial score (nSPS) is 19.9. The number of fused-ring (bicyclic) bond motifs is 1. The number of para-hydroxylation sites is 2. The SMILES string of the molecule is CCC(CC)C(NN)C1COc2ccccc2O1. The summed E-state index contributed by atoms with van der Waals surface area (Å²) in [6.07, 6.45) is 2.12. The van der Waals surface area contributed by atoms with Crippen molar-refractivity contribution < 1.29 is 9.47 Å². The van der Waals surface area contributed by atoms with Crippen molar-refractivity contribution in [3.63, 3.8) is 0 Å². The van der Waals surface area contributed by atoms with Crippen molar-refractivity contribution in [2.24, 2.45) is 11.8 Å². The van der Waals surface area contributed by atoms with E-state index in [9.17, 15) is 0 Å². The predicted octanol–water partition coefficient (Wildman–Crippen LogP) is 2.09. The van der Waals surface area contributed by atoms with Gasteiger partial charge < -0.3 is 9.47 Å². The zero-order valence-corrected chi connectivity index (χ0v) is 11.1. The molecule has 100 valence electrons. The van der Waals surface area contributed by atoms with Crippen molar-refractivity contribution >= 4 is 0 Å². The van der Waals surface area contributed by atoms with Gasteiger partial charge in [-0.15, -0.1) is 0 Å². The molecule has 0 saturated carbocycles. The lowest BCUT2D eigenvalue weighted by atomic mass is 9.90. The maximum absolute atomic E-state index is 6.00. The van der Waals surface area contributed by atoms with E-state index in [-0.39, 0.29) is 12.1 Å². The van der Waals surface area contributed by atoms with Crippen molar-refractivity contribution in [3.8, 4) is 11.5 Å². The van der Waals surface area contributed by atoms with Crippen LogP contribution in [0.4, 0.5) is 0 Å². The first-order valence-electron chi connectivity index (χ1n) is 6.64. The van der Waals surface area contributed by atoms with Gasteiger partial charge in [0.1, 0.15) is 12.7 Å². The molecule has 1 heterocycles. The minimum atomic E-state index is -0.0326. The average molecular weight is 250 g/mol. The largest absolute Gasteiger partial charge is 0.486 e. The molecule has 0 bridgehead atoms. The second kappa shape index (κ2) is 6.07. The van der Waals surface area contributed by atoms with E-state index in [0.717, 1.165) is 24.3 Å². The molecular weight excluding hydrogens is 228 g/mol. The first-order valence-corrected chi connectivity index (χ1v) is 6.64. The molecule has 2 atom stereocenters. The van der Waals surface area contributed by atoms with Crippen LogP contribution >= 0.6 is 0 Å². The minimum absolute atomic E-state index is 0.0326. The topological polar surface area (TPSA) is 56.5 Å². The Morgan fingerprint density at radius 2 is 1.94 bits per heavy atom. The summed E-state index contributed by atoms with van der Waals surface area (Å²) in [6.45, 7) is 4.90. The monoisotopic (exact) mass is 250 g/mol. The first kappa shape index (κ1) is 13.2. The van der Waals surface area contributed by atoms with Crippen LogP contribution in [-0.4, -0.2) is 18.8 Å². The number of nitrogens with one attached hydrogen (secondary N) is 1. The zero-order valence-electron chi connectivity index (χ0n) is 11.1. The van der Waals surface area contributed by atoms with Gasteiger partial charge in [-0.25, -0.2) is 0 Å². The van der Waals surface area contributed by atoms with E-state index in [0.29, 0.717) is 12.5 Å². The molecule has 0 spiro atoms. The molecule has 2 rings (SSSR count). The number of hydrazine groups is 1. The fraction of sp³-hybridized carbons (Fsp3) is 0.571. The van der Waals surface area contributed by atoms with Gasteiger partial charge in [0.15, 0.2) is 11.5 Å².